The molecule has 0 aliphatic rings. The van der Waals surface area contributed by atoms with Crippen LogP contribution in [0, 0.1) is 3.57 Å². The number of aromatic amines is 1. The number of nitrogens with two attached hydrogens (primary N) is 1. The molecule has 2 rings (SSSR count). The van der Waals surface area contributed by atoms with Gasteiger partial charge in [-0.1, -0.05) is 0 Å². The number of anilines is 1. The lowest BCUT2D eigenvalue weighted by atomic mass is 9.95. The molecule has 24 heavy (non-hydrogen) atoms. The molecule has 0 fully saturated rings. The molecule has 6 N–H and O–H groups in total. The highest BCUT2D eigenvalue weighted by Crippen LogP contribution is 2.40. The monoisotopic (exact) mass is 446 g/mol. The third-order valence-electron chi connectivity index (χ3n) is 3.24. The van der Waals surface area contributed by atoms with Gasteiger partial charge in [-0.25, -0.2) is 9.59 Å². The number of aromatic hydroxyl groups is 1. The number of hydrogen-bond acceptors (Lipinski definition) is 6. The Morgan fingerprint density at radius 2 is 1.79 bits per heavy atom. The van der Waals surface area contributed by atoms with E-state index in [1.807, 2.05) is 4.98 Å². The molecule has 0 bridgehead atoms. The first-order valence-electron chi connectivity index (χ1n) is 6.28. The number of hydrogen-bond donors (Lipinski definition) is 5. The summed E-state index contributed by atoms with van der Waals surface area (Å²) in [6, 6.07) is 2.66. The maximum atomic E-state index is 12.0. The molecular formula is C14H11IN2O7. The molecule has 0 unspecified atom stereocenters. The van der Waals surface area contributed by atoms with Gasteiger partial charge in [0.05, 0.1) is 10.7 Å². The van der Waals surface area contributed by atoms with Crippen molar-refractivity contribution in [1.82, 2.24) is 4.98 Å². The van der Waals surface area contributed by atoms with Gasteiger partial charge in [0.15, 0.2) is 11.5 Å². The van der Waals surface area contributed by atoms with Crippen LogP contribution in [0.3, 0.4) is 0 Å². The summed E-state index contributed by atoms with van der Waals surface area (Å²) in [6.07, 6.45) is 0. The Kier molecular flexibility index (Phi) is 4.68. The van der Waals surface area contributed by atoms with Crippen LogP contribution in [0.1, 0.15) is 20.7 Å². The third kappa shape index (κ3) is 2.75. The number of halogens is 1. The molecule has 0 saturated carbocycles. The number of aromatic nitrogens is 1. The molecule has 2 aromatic rings. The van der Waals surface area contributed by atoms with E-state index in [1.54, 1.807) is 22.6 Å². The van der Waals surface area contributed by atoms with Gasteiger partial charge in [0, 0.05) is 11.1 Å². The first-order chi connectivity index (χ1) is 11.2. The second-order valence-corrected chi connectivity index (χ2v) is 5.66. The number of methoxy groups -OCH3 is 1. The van der Waals surface area contributed by atoms with Gasteiger partial charge >= 0.3 is 11.9 Å². The second kappa shape index (κ2) is 6.39. The molecular weight excluding hydrogens is 435 g/mol. The summed E-state index contributed by atoms with van der Waals surface area (Å²) < 4.78 is 5.05. The second-order valence-electron chi connectivity index (χ2n) is 4.58. The highest BCUT2D eigenvalue weighted by Gasteiger charge is 2.28. The van der Waals surface area contributed by atoms with Gasteiger partial charge in [-0.2, -0.15) is 0 Å². The van der Waals surface area contributed by atoms with Gasteiger partial charge in [-0.05, 0) is 34.7 Å². The van der Waals surface area contributed by atoms with Crippen molar-refractivity contribution in [2.45, 2.75) is 0 Å². The maximum absolute atomic E-state index is 12.0. The molecule has 0 spiro atoms. The van der Waals surface area contributed by atoms with Gasteiger partial charge < -0.3 is 30.8 Å². The summed E-state index contributed by atoms with van der Waals surface area (Å²) in [7, 11) is 1.32. The lowest BCUT2D eigenvalue weighted by Crippen LogP contribution is -2.24. The van der Waals surface area contributed by atoms with Crippen molar-refractivity contribution in [3.8, 4) is 22.6 Å². The summed E-state index contributed by atoms with van der Waals surface area (Å²) in [5.74, 6) is -3.84. The number of rotatable bonds is 4. The summed E-state index contributed by atoms with van der Waals surface area (Å²) in [5, 5.41) is 28.8. The molecule has 0 aliphatic heterocycles. The van der Waals surface area contributed by atoms with Crippen molar-refractivity contribution in [2.24, 2.45) is 0 Å². The number of nitrogens with one attached hydrogen (secondary N) is 1. The normalized spacial score (nSPS) is 10.4. The average Bonchev–Trinajstić information content (AvgIpc) is 2.48. The quantitative estimate of drug-likeness (QED) is 0.440. The molecule has 0 saturated heterocycles. The standard InChI is InChI=1S/C14H11IN2O7/c1-24-5-3-2-4(9(15)10(5)18)6-7(13(20)21)11(16)17-12(19)8(6)14(22)23/h2-3,18H,1H3,(H,20,21)(H,22,23)(H3,16,17,19). The van der Waals surface area contributed by atoms with E-state index < -0.39 is 40.0 Å². The predicted octanol–water partition coefficient (Wildman–Crippen LogP) is 1.34. The summed E-state index contributed by atoms with van der Waals surface area (Å²) in [5.41, 5.74) is 2.78. The van der Waals surface area contributed by atoms with E-state index in [4.69, 9.17) is 10.5 Å². The van der Waals surface area contributed by atoms with E-state index in [1.165, 1.54) is 19.2 Å². The Morgan fingerprint density at radius 1 is 1.21 bits per heavy atom. The molecule has 1 heterocycles. The van der Waals surface area contributed by atoms with E-state index >= 15 is 0 Å². The topological polar surface area (TPSA) is 163 Å². The van der Waals surface area contributed by atoms with Crippen LogP contribution >= 0.6 is 22.6 Å². The fourth-order valence-electron chi connectivity index (χ4n) is 2.22. The van der Waals surface area contributed by atoms with E-state index in [2.05, 4.69) is 0 Å². The maximum Gasteiger partial charge on any atom is 0.342 e. The molecule has 10 heteroatoms. The molecule has 1 aromatic carbocycles. The molecule has 9 nitrogen and oxygen atoms in total. The Labute approximate surface area is 147 Å². The highest BCUT2D eigenvalue weighted by atomic mass is 127. The number of benzene rings is 1. The van der Waals surface area contributed by atoms with Crippen molar-refractivity contribution in [2.75, 3.05) is 12.8 Å². The average molecular weight is 446 g/mol. The van der Waals surface area contributed by atoms with Crippen LogP contribution in [-0.2, 0) is 0 Å². The number of carboxylic acid groups (broad SMARTS) is 2. The largest absolute Gasteiger partial charge is 0.504 e. The van der Waals surface area contributed by atoms with Crippen LogP contribution in [0.5, 0.6) is 11.5 Å². The fourth-order valence-corrected chi connectivity index (χ4v) is 2.94. The number of pyridine rings is 1. The predicted molar refractivity (Wildman–Crippen MR) is 91.8 cm³/mol. The SMILES string of the molecule is COc1ccc(-c2c(C(=O)O)c(N)[nH]c(=O)c2C(=O)O)c(I)c1O. The minimum absolute atomic E-state index is 0.0292. The number of ether oxygens (including phenoxy) is 1. The third-order valence-corrected chi connectivity index (χ3v) is 4.33. The smallest absolute Gasteiger partial charge is 0.342 e. The first-order valence-corrected chi connectivity index (χ1v) is 7.36. The Balaban J connectivity index is 3.03. The minimum Gasteiger partial charge on any atom is -0.504 e. The van der Waals surface area contributed by atoms with Gasteiger partial charge in [-0.15, -0.1) is 0 Å². The van der Waals surface area contributed by atoms with Crippen LogP contribution in [0.15, 0.2) is 16.9 Å². The molecule has 126 valence electrons. The van der Waals surface area contributed by atoms with Crippen LogP contribution in [-0.4, -0.2) is 39.4 Å². The molecule has 0 aliphatic carbocycles. The van der Waals surface area contributed by atoms with Crippen molar-refractivity contribution in [3.63, 3.8) is 0 Å². The fraction of sp³-hybridized carbons (Fsp3) is 0.0714. The molecule has 0 atom stereocenters. The number of nitrogen functional groups attached to an aromatic ring is 1. The molecule has 0 amide bonds. The minimum atomic E-state index is -1.63. The van der Waals surface area contributed by atoms with Crippen molar-refractivity contribution >= 4 is 40.3 Å². The van der Waals surface area contributed by atoms with E-state index in [-0.39, 0.29) is 20.6 Å². The number of phenolic OH excluding ortho intramolecular Hbond substituents is 1. The Hall–Kier alpha value is -2.76. The number of aromatic carboxylic acids is 2. The van der Waals surface area contributed by atoms with Gasteiger partial charge in [0.1, 0.15) is 16.9 Å². The summed E-state index contributed by atoms with van der Waals surface area (Å²) in [6.45, 7) is 0. The van der Waals surface area contributed by atoms with Crippen molar-refractivity contribution < 1.29 is 29.6 Å². The number of carboxylic acids is 2. The molecule has 1 aromatic heterocycles. The van der Waals surface area contributed by atoms with Gasteiger partial charge in [0.25, 0.3) is 5.56 Å². The van der Waals surface area contributed by atoms with Gasteiger partial charge in [-0.3, -0.25) is 4.79 Å². The lowest BCUT2D eigenvalue weighted by Gasteiger charge is -2.15. The summed E-state index contributed by atoms with van der Waals surface area (Å²) >= 11 is 1.69. The van der Waals surface area contributed by atoms with Crippen molar-refractivity contribution in [3.05, 3.63) is 37.2 Å². The van der Waals surface area contributed by atoms with E-state index in [0.29, 0.717) is 0 Å². The van der Waals surface area contributed by atoms with E-state index in [0.717, 1.165) is 0 Å². The zero-order valence-electron chi connectivity index (χ0n) is 12.1. The van der Waals surface area contributed by atoms with Crippen molar-refractivity contribution in [1.29, 1.82) is 0 Å². The molecule has 0 radical (unpaired) electrons. The van der Waals surface area contributed by atoms with Gasteiger partial charge in [0.2, 0.25) is 0 Å². The Morgan fingerprint density at radius 3 is 2.29 bits per heavy atom. The Bertz CT molecular complexity index is 920. The highest BCUT2D eigenvalue weighted by molar-refractivity contribution is 14.1. The summed E-state index contributed by atoms with van der Waals surface area (Å²) in [4.78, 5) is 37.0. The lowest BCUT2D eigenvalue weighted by molar-refractivity contribution is 0.0695. The van der Waals surface area contributed by atoms with Crippen LogP contribution in [0.4, 0.5) is 5.82 Å². The number of H-pyrrole nitrogens is 1. The van der Waals surface area contributed by atoms with Crippen LogP contribution in [0.2, 0.25) is 0 Å². The zero-order chi connectivity index (χ0) is 18.2. The van der Waals surface area contributed by atoms with Crippen LogP contribution in [0.25, 0.3) is 11.1 Å². The zero-order valence-corrected chi connectivity index (χ0v) is 14.2. The number of carbonyl (C=O) groups is 2. The van der Waals surface area contributed by atoms with E-state index in [9.17, 15) is 29.7 Å². The van der Waals surface area contributed by atoms with Crippen LogP contribution < -0.4 is 16.0 Å². The first kappa shape index (κ1) is 17.6. The number of phenols is 1.